The van der Waals surface area contributed by atoms with Gasteiger partial charge in [0.25, 0.3) is 0 Å². The van der Waals surface area contributed by atoms with Crippen LogP contribution in [0.15, 0.2) is 24.3 Å². The van der Waals surface area contributed by atoms with Crippen molar-refractivity contribution < 1.29 is 23.5 Å². The van der Waals surface area contributed by atoms with E-state index in [4.69, 9.17) is 0 Å². The molecular formula is C12H11FO4. The van der Waals surface area contributed by atoms with Gasteiger partial charge in [-0.25, -0.2) is 4.39 Å². The van der Waals surface area contributed by atoms with Crippen molar-refractivity contribution in [2.24, 2.45) is 5.92 Å². The minimum absolute atomic E-state index is 0.293. The summed E-state index contributed by atoms with van der Waals surface area (Å²) in [6.45, 7) is 1.08. The number of benzene rings is 1. The SMILES string of the molecule is COC(=O)[C@@H](C(C)=O)C(=O)c1ccccc1F. The van der Waals surface area contributed by atoms with Crippen LogP contribution in [-0.2, 0) is 14.3 Å². The quantitative estimate of drug-likeness (QED) is 0.451. The highest BCUT2D eigenvalue weighted by atomic mass is 19.1. The Bertz CT molecular complexity index is 467. The van der Waals surface area contributed by atoms with E-state index in [9.17, 15) is 18.8 Å². The van der Waals surface area contributed by atoms with Gasteiger partial charge in [-0.1, -0.05) is 12.1 Å². The number of hydrogen-bond donors (Lipinski definition) is 0. The Morgan fingerprint density at radius 2 is 1.82 bits per heavy atom. The molecular weight excluding hydrogens is 227 g/mol. The predicted molar refractivity (Wildman–Crippen MR) is 56.9 cm³/mol. The van der Waals surface area contributed by atoms with Gasteiger partial charge in [-0.3, -0.25) is 14.4 Å². The molecule has 0 amide bonds. The summed E-state index contributed by atoms with van der Waals surface area (Å²) in [6.07, 6.45) is 0. The summed E-state index contributed by atoms with van der Waals surface area (Å²) in [6, 6.07) is 5.16. The minimum atomic E-state index is -1.60. The van der Waals surface area contributed by atoms with Crippen LogP contribution in [0.25, 0.3) is 0 Å². The number of methoxy groups -OCH3 is 1. The lowest BCUT2D eigenvalue weighted by molar-refractivity contribution is -0.146. The van der Waals surface area contributed by atoms with Crippen molar-refractivity contribution in [2.75, 3.05) is 7.11 Å². The van der Waals surface area contributed by atoms with Crippen molar-refractivity contribution >= 4 is 17.5 Å². The Morgan fingerprint density at radius 1 is 1.24 bits per heavy atom. The van der Waals surface area contributed by atoms with Gasteiger partial charge in [-0.05, 0) is 19.1 Å². The Morgan fingerprint density at radius 3 is 2.29 bits per heavy atom. The second-order valence-corrected chi connectivity index (χ2v) is 3.41. The summed E-state index contributed by atoms with van der Waals surface area (Å²) in [5.41, 5.74) is -0.293. The Balaban J connectivity index is 3.14. The molecule has 1 aromatic carbocycles. The lowest BCUT2D eigenvalue weighted by Crippen LogP contribution is -2.32. The third-order valence-corrected chi connectivity index (χ3v) is 2.24. The molecule has 4 nitrogen and oxygen atoms in total. The molecule has 17 heavy (non-hydrogen) atoms. The number of ketones is 2. The fourth-order valence-corrected chi connectivity index (χ4v) is 1.39. The number of carbonyl (C=O) groups excluding carboxylic acids is 3. The molecule has 1 aromatic rings. The van der Waals surface area contributed by atoms with E-state index in [2.05, 4.69) is 4.74 Å². The molecule has 0 aliphatic carbocycles. The number of carbonyl (C=O) groups is 3. The highest BCUT2D eigenvalue weighted by molar-refractivity contribution is 6.22. The second kappa shape index (κ2) is 5.34. The van der Waals surface area contributed by atoms with Crippen LogP contribution in [0.4, 0.5) is 4.39 Å². The first kappa shape index (κ1) is 13.0. The predicted octanol–water partition coefficient (Wildman–Crippen LogP) is 1.39. The Kier molecular flexibility index (Phi) is 4.09. The third kappa shape index (κ3) is 2.75. The van der Waals surface area contributed by atoms with Crippen molar-refractivity contribution in [3.8, 4) is 0 Å². The van der Waals surface area contributed by atoms with E-state index in [0.717, 1.165) is 20.1 Å². The maximum Gasteiger partial charge on any atom is 0.324 e. The summed E-state index contributed by atoms with van der Waals surface area (Å²) < 4.78 is 17.7. The maximum absolute atomic E-state index is 13.3. The van der Waals surface area contributed by atoms with Crippen molar-refractivity contribution in [2.45, 2.75) is 6.92 Å². The number of halogens is 1. The molecule has 0 bridgehead atoms. The summed E-state index contributed by atoms with van der Waals surface area (Å²) >= 11 is 0. The van der Waals surface area contributed by atoms with Crippen LogP contribution in [0, 0.1) is 11.7 Å². The number of esters is 1. The molecule has 1 rings (SSSR count). The van der Waals surface area contributed by atoms with Gasteiger partial charge in [0.05, 0.1) is 12.7 Å². The molecule has 0 radical (unpaired) electrons. The van der Waals surface area contributed by atoms with Gasteiger partial charge >= 0.3 is 5.97 Å². The van der Waals surface area contributed by atoms with Crippen LogP contribution in [0.1, 0.15) is 17.3 Å². The number of ether oxygens (including phenoxy) is 1. The monoisotopic (exact) mass is 238 g/mol. The highest BCUT2D eigenvalue weighted by Gasteiger charge is 2.34. The first-order valence-corrected chi connectivity index (χ1v) is 4.86. The van der Waals surface area contributed by atoms with Gasteiger partial charge in [0.1, 0.15) is 5.82 Å². The van der Waals surface area contributed by atoms with Crippen LogP contribution in [0.5, 0.6) is 0 Å². The van der Waals surface area contributed by atoms with E-state index < -0.39 is 29.3 Å². The van der Waals surface area contributed by atoms with E-state index in [1.54, 1.807) is 0 Å². The Labute approximate surface area is 97.4 Å². The number of rotatable bonds is 4. The molecule has 5 heteroatoms. The smallest absolute Gasteiger partial charge is 0.324 e. The molecule has 0 spiro atoms. The zero-order chi connectivity index (χ0) is 13.0. The van der Waals surface area contributed by atoms with Gasteiger partial charge in [0, 0.05) is 0 Å². The first-order chi connectivity index (χ1) is 7.99. The highest BCUT2D eigenvalue weighted by Crippen LogP contribution is 2.15. The number of Topliss-reactive ketones (excluding diaryl/α,β-unsaturated/α-hetero) is 2. The molecule has 1 atom stereocenters. The van der Waals surface area contributed by atoms with Gasteiger partial charge < -0.3 is 4.74 Å². The molecule has 0 saturated carbocycles. The van der Waals surface area contributed by atoms with Gasteiger partial charge in [0.2, 0.25) is 0 Å². The summed E-state index contributed by atoms with van der Waals surface area (Å²) in [5.74, 6) is -4.91. The van der Waals surface area contributed by atoms with Crippen molar-refractivity contribution in [1.29, 1.82) is 0 Å². The largest absolute Gasteiger partial charge is 0.468 e. The molecule has 0 saturated heterocycles. The van der Waals surface area contributed by atoms with E-state index in [-0.39, 0.29) is 5.56 Å². The minimum Gasteiger partial charge on any atom is -0.468 e. The van der Waals surface area contributed by atoms with E-state index >= 15 is 0 Å². The van der Waals surface area contributed by atoms with Crippen LogP contribution >= 0.6 is 0 Å². The summed E-state index contributed by atoms with van der Waals surface area (Å²) in [7, 11) is 1.06. The Hall–Kier alpha value is -2.04. The van der Waals surface area contributed by atoms with Gasteiger partial charge in [0.15, 0.2) is 17.5 Å². The molecule has 90 valence electrons. The van der Waals surface area contributed by atoms with Crippen LogP contribution in [-0.4, -0.2) is 24.6 Å². The standard InChI is InChI=1S/C12H11FO4/c1-7(14)10(12(16)17-2)11(15)8-5-3-4-6-9(8)13/h3-6,10H,1-2H3/t10-/m0/s1. The molecule has 0 aromatic heterocycles. The van der Waals surface area contributed by atoms with E-state index in [1.165, 1.54) is 18.2 Å². The average Bonchev–Trinajstić information content (AvgIpc) is 2.28. The topological polar surface area (TPSA) is 60.4 Å². The maximum atomic E-state index is 13.3. The molecule has 0 heterocycles. The molecule has 0 unspecified atom stereocenters. The summed E-state index contributed by atoms with van der Waals surface area (Å²) in [4.78, 5) is 34.4. The fourth-order valence-electron chi connectivity index (χ4n) is 1.39. The van der Waals surface area contributed by atoms with Crippen molar-refractivity contribution in [3.05, 3.63) is 35.6 Å². The zero-order valence-corrected chi connectivity index (χ0v) is 9.40. The van der Waals surface area contributed by atoms with E-state index in [1.807, 2.05) is 0 Å². The first-order valence-electron chi connectivity index (χ1n) is 4.86. The van der Waals surface area contributed by atoms with Crippen LogP contribution in [0.2, 0.25) is 0 Å². The van der Waals surface area contributed by atoms with Crippen molar-refractivity contribution in [3.63, 3.8) is 0 Å². The van der Waals surface area contributed by atoms with E-state index in [0.29, 0.717) is 0 Å². The third-order valence-electron chi connectivity index (χ3n) is 2.24. The van der Waals surface area contributed by atoms with Crippen LogP contribution < -0.4 is 0 Å². The van der Waals surface area contributed by atoms with Crippen molar-refractivity contribution in [1.82, 2.24) is 0 Å². The zero-order valence-electron chi connectivity index (χ0n) is 9.40. The molecule has 0 aliphatic heterocycles. The fraction of sp³-hybridized carbons (Fsp3) is 0.250. The lowest BCUT2D eigenvalue weighted by Gasteiger charge is -2.10. The van der Waals surface area contributed by atoms with Gasteiger partial charge in [-0.2, -0.15) is 0 Å². The summed E-state index contributed by atoms with van der Waals surface area (Å²) in [5, 5.41) is 0. The molecule has 0 N–H and O–H groups in total. The number of hydrogen-bond acceptors (Lipinski definition) is 4. The van der Waals surface area contributed by atoms with Gasteiger partial charge in [-0.15, -0.1) is 0 Å². The average molecular weight is 238 g/mol. The lowest BCUT2D eigenvalue weighted by atomic mass is 9.94. The van der Waals surface area contributed by atoms with Crippen LogP contribution in [0.3, 0.4) is 0 Å². The normalized spacial score (nSPS) is 11.7. The second-order valence-electron chi connectivity index (χ2n) is 3.41. The molecule has 0 aliphatic rings. The molecule has 0 fully saturated rings.